The number of anilines is 1. The number of benzene rings is 2. The van der Waals surface area contributed by atoms with Gasteiger partial charge in [0.2, 0.25) is 0 Å². The van der Waals surface area contributed by atoms with Gasteiger partial charge in [-0.15, -0.1) is 0 Å². The van der Waals surface area contributed by atoms with E-state index < -0.39 is 11.5 Å². The molecule has 0 saturated heterocycles. The van der Waals surface area contributed by atoms with Gasteiger partial charge in [0.15, 0.2) is 5.60 Å². The molecule has 0 radical (unpaired) electrons. The number of amides is 1. The van der Waals surface area contributed by atoms with Gasteiger partial charge in [-0.3, -0.25) is 9.59 Å². The van der Waals surface area contributed by atoms with Crippen LogP contribution in [0.2, 0.25) is 5.02 Å². The highest BCUT2D eigenvalue weighted by atomic mass is 35.5. The molecule has 1 atom stereocenters. The lowest BCUT2D eigenvalue weighted by molar-refractivity contribution is -0.141. The average Bonchev–Trinajstić information content (AvgIpc) is 2.77. The number of carbonyl (C=O) groups is 2. The van der Waals surface area contributed by atoms with Crippen LogP contribution in [0.15, 0.2) is 42.5 Å². The van der Waals surface area contributed by atoms with Crippen LogP contribution in [0.4, 0.5) is 5.69 Å². The van der Waals surface area contributed by atoms with Crippen molar-refractivity contribution in [2.24, 2.45) is 0 Å². The van der Waals surface area contributed by atoms with Crippen molar-refractivity contribution in [3.05, 3.63) is 58.6 Å². The van der Waals surface area contributed by atoms with Gasteiger partial charge < -0.3 is 14.7 Å². The standard InChI is InChI=1S/C20H20ClNO4/c1-13-3-6-16(7-4-13)26-10-9-22-18-8-5-15(21)11-17(18)20(25,19(22)24)12-14(2)23/h3-8,11,25H,9-10,12H2,1-2H3. The molecule has 3 rings (SSSR count). The molecular weight excluding hydrogens is 354 g/mol. The third-order valence-corrected chi connectivity index (χ3v) is 4.64. The first-order valence-electron chi connectivity index (χ1n) is 8.34. The minimum Gasteiger partial charge on any atom is -0.492 e. The summed E-state index contributed by atoms with van der Waals surface area (Å²) in [5.41, 5.74) is 0.166. The fraction of sp³-hybridized carbons (Fsp3) is 0.300. The molecule has 0 bridgehead atoms. The smallest absolute Gasteiger partial charge is 0.264 e. The Labute approximate surface area is 157 Å². The monoisotopic (exact) mass is 373 g/mol. The van der Waals surface area contributed by atoms with E-state index in [0.29, 0.717) is 22.0 Å². The minimum absolute atomic E-state index is 0.252. The van der Waals surface area contributed by atoms with Crippen LogP contribution in [0.1, 0.15) is 24.5 Å². The fourth-order valence-corrected chi connectivity index (χ4v) is 3.34. The summed E-state index contributed by atoms with van der Waals surface area (Å²) in [6, 6.07) is 12.5. The first-order valence-corrected chi connectivity index (χ1v) is 8.72. The predicted octanol–water partition coefficient (Wildman–Crippen LogP) is 3.24. The first-order chi connectivity index (χ1) is 12.3. The topological polar surface area (TPSA) is 66.8 Å². The average molecular weight is 374 g/mol. The van der Waals surface area contributed by atoms with Gasteiger partial charge in [0, 0.05) is 17.0 Å². The Morgan fingerprint density at radius 2 is 1.92 bits per heavy atom. The maximum atomic E-state index is 12.8. The highest BCUT2D eigenvalue weighted by Gasteiger charge is 2.50. The number of fused-ring (bicyclic) bond motifs is 1. The zero-order valence-corrected chi connectivity index (χ0v) is 15.4. The second-order valence-corrected chi connectivity index (χ2v) is 6.96. The Morgan fingerprint density at radius 1 is 1.23 bits per heavy atom. The Balaban J connectivity index is 1.80. The fourth-order valence-electron chi connectivity index (χ4n) is 3.17. The molecule has 1 unspecified atom stereocenters. The number of ether oxygens (including phenoxy) is 1. The third-order valence-electron chi connectivity index (χ3n) is 4.40. The molecule has 1 amide bonds. The molecular formula is C20H20ClNO4. The third kappa shape index (κ3) is 3.45. The first kappa shape index (κ1) is 18.4. The summed E-state index contributed by atoms with van der Waals surface area (Å²) in [6.45, 7) is 3.85. The summed E-state index contributed by atoms with van der Waals surface area (Å²) in [5.74, 6) is -0.0976. The largest absolute Gasteiger partial charge is 0.492 e. The highest BCUT2D eigenvalue weighted by molar-refractivity contribution is 6.31. The second kappa shape index (κ2) is 7.09. The molecule has 26 heavy (non-hydrogen) atoms. The van der Waals surface area contributed by atoms with E-state index in [1.54, 1.807) is 18.2 Å². The summed E-state index contributed by atoms with van der Waals surface area (Å²) in [4.78, 5) is 25.9. The number of rotatable bonds is 6. The summed E-state index contributed by atoms with van der Waals surface area (Å²) in [5, 5.41) is 11.3. The van der Waals surface area contributed by atoms with E-state index >= 15 is 0 Å². The van der Waals surface area contributed by atoms with Crippen LogP contribution in [-0.2, 0) is 15.2 Å². The number of ketones is 1. The Bertz CT molecular complexity index is 849. The Hall–Kier alpha value is -2.37. The number of aliphatic hydroxyl groups is 1. The Kier molecular flexibility index (Phi) is 5.03. The zero-order valence-electron chi connectivity index (χ0n) is 14.7. The summed E-state index contributed by atoms with van der Waals surface area (Å²) < 4.78 is 5.69. The highest BCUT2D eigenvalue weighted by Crippen LogP contribution is 2.43. The lowest BCUT2D eigenvalue weighted by Gasteiger charge is -2.22. The molecule has 6 heteroatoms. The number of halogens is 1. The SMILES string of the molecule is CC(=O)CC1(O)C(=O)N(CCOc2ccc(C)cc2)c2ccc(Cl)cc21. The van der Waals surface area contributed by atoms with Gasteiger partial charge in [-0.2, -0.15) is 0 Å². The molecule has 0 aliphatic carbocycles. The van der Waals surface area contributed by atoms with Crippen molar-refractivity contribution in [3.8, 4) is 5.75 Å². The number of Topliss-reactive ketones (excluding diaryl/α,β-unsaturated/α-hetero) is 1. The number of hydrogen-bond acceptors (Lipinski definition) is 4. The maximum Gasteiger partial charge on any atom is 0.264 e. The van der Waals surface area contributed by atoms with Crippen molar-refractivity contribution in [2.75, 3.05) is 18.1 Å². The number of aryl methyl sites for hydroxylation is 1. The van der Waals surface area contributed by atoms with Gasteiger partial charge in [-0.05, 0) is 44.2 Å². The number of carbonyl (C=O) groups excluding carboxylic acids is 2. The maximum absolute atomic E-state index is 12.8. The van der Waals surface area contributed by atoms with Crippen molar-refractivity contribution < 1.29 is 19.4 Å². The summed E-state index contributed by atoms with van der Waals surface area (Å²) >= 11 is 6.03. The van der Waals surface area contributed by atoms with Crippen LogP contribution in [0.3, 0.4) is 0 Å². The van der Waals surface area contributed by atoms with E-state index in [1.165, 1.54) is 11.8 Å². The van der Waals surface area contributed by atoms with E-state index in [4.69, 9.17) is 16.3 Å². The normalized spacial score (nSPS) is 18.8. The summed E-state index contributed by atoms with van der Waals surface area (Å²) in [7, 11) is 0. The van der Waals surface area contributed by atoms with Crippen molar-refractivity contribution in [2.45, 2.75) is 25.9 Å². The van der Waals surface area contributed by atoms with Crippen molar-refractivity contribution >= 4 is 29.0 Å². The van der Waals surface area contributed by atoms with Crippen LogP contribution < -0.4 is 9.64 Å². The number of nitrogens with zero attached hydrogens (tertiary/aromatic N) is 1. The summed E-state index contributed by atoms with van der Waals surface area (Å²) in [6.07, 6.45) is -0.283. The van der Waals surface area contributed by atoms with E-state index in [9.17, 15) is 14.7 Å². The Morgan fingerprint density at radius 3 is 2.58 bits per heavy atom. The lowest BCUT2D eigenvalue weighted by atomic mass is 9.90. The van der Waals surface area contributed by atoms with E-state index in [0.717, 1.165) is 5.56 Å². The molecule has 2 aromatic carbocycles. The van der Waals surface area contributed by atoms with Crippen LogP contribution in [0, 0.1) is 6.92 Å². The molecule has 1 aliphatic rings. The van der Waals surface area contributed by atoms with Gasteiger partial charge in [-0.25, -0.2) is 0 Å². The molecule has 5 nitrogen and oxygen atoms in total. The van der Waals surface area contributed by atoms with E-state index in [2.05, 4.69) is 0 Å². The molecule has 0 saturated carbocycles. The molecule has 0 fully saturated rings. The van der Waals surface area contributed by atoms with Crippen molar-refractivity contribution in [1.82, 2.24) is 0 Å². The molecule has 1 N–H and O–H groups in total. The molecule has 136 valence electrons. The quantitative estimate of drug-likeness (QED) is 0.844. The second-order valence-electron chi connectivity index (χ2n) is 6.52. The van der Waals surface area contributed by atoms with Gasteiger partial charge in [0.05, 0.1) is 12.2 Å². The van der Waals surface area contributed by atoms with Gasteiger partial charge in [-0.1, -0.05) is 29.3 Å². The molecule has 2 aromatic rings. The molecule has 1 heterocycles. The van der Waals surface area contributed by atoms with Gasteiger partial charge in [0.25, 0.3) is 5.91 Å². The van der Waals surface area contributed by atoms with Crippen molar-refractivity contribution in [3.63, 3.8) is 0 Å². The van der Waals surface area contributed by atoms with Crippen LogP contribution in [0.25, 0.3) is 0 Å². The van der Waals surface area contributed by atoms with Crippen molar-refractivity contribution in [1.29, 1.82) is 0 Å². The predicted molar refractivity (Wildman–Crippen MR) is 99.7 cm³/mol. The van der Waals surface area contributed by atoms with Crippen LogP contribution >= 0.6 is 11.6 Å². The minimum atomic E-state index is -1.88. The molecule has 0 aromatic heterocycles. The van der Waals surface area contributed by atoms with E-state index in [1.807, 2.05) is 31.2 Å². The number of hydrogen-bond donors (Lipinski definition) is 1. The van der Waals surface area contributed by atoms with Crippen LogP contribution in [-0.4, -0.2) is 29.9 Å². The van der Waals surface area contributed by atoms with Gasteiger partial charge >= 0.3 is 0 Å². The van der Waals surface area contributed by atoms with E-state index in [-0.39, 0.29) is 25.4 Å². The van der Waals surface area contributed by atoms with Gasteiger partial charge in [0.1, 0.15) is 18.1 Å². The zero-order chi connectivity index (χ0) is 18.9. The lowest BCUT2D eigenvalue weighted by Crippen LogP contribution is -2.43. The molecule has 0 spiro atoms. The van der Waals surface area contributed by atoms with Crippen LogP contribution in [0.5, 0.6) is 5.75 Å². The molecule has 1 aliphatic heterocycles.